The maximum absolute atomic E-state index is 10.1. The van der Waals surface area contributed by atoms with Gasteiger partial charge in [0.05, 0.1) is 11.3 Å². The summed E-state index contributed by atoms with van der Waals surface area (Å²) in [6.45, 7) is 4.08. The molecule has 0 radical (unpaired) electrons. The number of aromatic nitrogens is 1. The van der Waals surface area contributed by atoms with Crippen molar-refractivity contribution in [3.8, 4) is 11.6 Å². The predicted octanol–water partition coefficient (Wildman–Crippen LogP) is 4.10. The molecule has 0 aliphatic carbocycles. The monoisotopic (exact) mass is 349 g/mol. The van der Waals surface area contributed by atoms with Gasteiger partial charge in [0.2, 0.25) is 0 Å². The van der Waals surface area contributed by atoms with Crippen LogP contribution in [0.2, 0.25) is 0 Å². The summed E-state index contributed by atoms with van der Waals surface area (Å²) in [5.74, 6) is 0.995. The minimum atomic E-state index is 0.136. The molecule has 0 atom stereocenters. The van der Waals surface area contributed by atoms with Crippen LogP contribution in [0.3, 0.4) is 0 Å². The van der Waals surface area contributed by atoms with Crippen LogP contribution in [-0.2, 0) is 0 Å². The van der Waals surface area contributed by atoms with Crippen molar-refractivity contribution in [1.29, 1.82) is 0 Å². The molecule has 0 spiro atoms. The second-order valence-electron chi connectivity index (χ2n) is 6.58. The summed E-state index contributed by atoms with van der Waals surface area (Å²) in [4.78, 5) is 9.87. The van der Waals surface area contributed by atoms with Gasteiger partial charge < -0.3 is 14.8 Å². The number of ether oxygens (including phenoxy) is 1. The van der Waals surface area contributed by atoms with E-state index in [1.165, 1.54) is 25.9 Å². The zero-order valence-electron chi connectivity index (χ0n) is 14.7. The van der Waals surface area contributed by atoms with Gasteiger partial charge in [-0.3, -0.25) is 9.89 Å². The molecule has 2 aromatic carbocycles. The number of benzene rings is 2. The first kappa shape index (κ1) is 16.7. The van der Waals surface area contributed by atoms with Crippen molar-refractivity contribution in [2.45, 2.75) is 12.8 Å². The lowest BCUT2D eigenvalue weighted by molar-refractivity contribution is 0.238. The van der Waals surface area contributed by atoms with E-state index in [4.69, 9.17) is 4.74 Å². The summed E-state index contributed by atoms with van der Waals surface area (Å²) in [5.41, 5.74) is 2.42. The topological polar surface area (TPSA) is 60.9 Å². The number of fused-ring (bicyclic) bond motifs is 1. The number of H-pyrrole nitrogens is 1. The Morgan fingerprint density at radius 1 is 1.08 bits per heavy atom. The SMILES string of the molecule is Oc1[nH]c2ccccc2c1C=Nc1ccc(OCCN2CCCC2)cc1. The number of hydrogen-bond acceptors (Lipinski definition) is 4. The van der Waals surface area contributed by atoms with E-state index in [1.54, 1.807) is 6.21 Å². The smallest absolute Gasteiger partial charge is 0.198 e. The molecule has 2 N–H and O–H groups in total. The molecule has 5 heteroatoms. The largest absolute Gasteiger partial charge is 0.494 e. The molecule has 26 heavy (non-hydrogen) atoms. The van der Waals surface area contributed by atoms with E-state index in [9.17, 15) is 5.11 Å². The van der Waals surface area contributed by atoms with E-state index >= 15 is 0 Å². The first-order chi connectivity index (χ1) is 12.8. The highest BCUT2D eigenvalue weighted by Crippen LogP contribution is 2.26. The molecule has 1 aliphatic heterocycles. The van der Waals surface area contributed by atoms with Crippen molar-refractivity contribution < 1.29 is 9.84 Å². The average Bonchev–Trinajstić information content (AvgIpc) is 3.28. The Bertz CT molecular complexity index is 893. The van der Waals surface area contributed by atoms with Gasteiger partial charge in [-0.1, -0.05) is 18.2 Å². The third-order valence-corrected chi connectivity index (χ3v) is 4.78. The van der Waals surface area contributed by atoms with Gasteiger partial charge >= 0.3 is 0 Å². The third kappa shape index (κ3) is 3.73. The molecule has 2 heterocycles. The van der Waals surface area contributed by atoms with Crippen LogP contribution in [0.25, 0.3) is 10.9 Å². The summed E-state index contributed by atoms with van der Waals surface area (Å²) in [6, 6.07) is 15.5. The summed E-state index contributed by atoms with van der Waals surface area (Å²) in [5, 5.41) is 11.0. The Kier molecular flexibility index (Phi) is 4.88. The number of likely N-dealkylation sites (tertiary alicyclic amines) is 1. The molecule has 0 saturated carbocycles. The van der Waals surface area contributed by atoms with Gasteiger partial charge in [-0.25, -0.2) is 0 Å². The Balaban J connectivity index is 1.38. The molecule has 5 nitrogen and oxygen atoms in total. The second kappa shape index (κ2) is 7.62. The molecule has 134 valence electrons. The van der Waals surface area contributed by atoms with E-state index in [-0.39, 0.29) is 5.88 Å². The van der Waals surface area contributed by atoms with Gasteiger partial charge in [0.1, 0.15) is 12.4 Å². The highest BCUT2D eigenvalue weighted by Gasteiger charge is 2.10. The van der Waals surface area contributed by atoms with E-state index in [1.807, 2.05) is 48.5 Å². The molecular weight excluding hydrogens is 326 g/mol. The zero-order valence-corrected chi connectivity index (χ0v) is 14.7. The Hall–Kier alpha value is -2.79. The highest BCUT2D eigenvalue weighted by atomic mass is 16.5. The maximum Gasteiger partial charge on any atom is 0.198 e. The number of aromatic amines is 1. The summed E-state index contributed by atoms with van der Waals surface area (Å²) in [6.07, 6.45) is 4.30. The van der Waals surface area contributed by atoms with Gasteiger partial charge in [-0.15, -0.1) is 0 Å². The van der Waals surface area contributed by atoms with E-state index < -0.39 is 0 Å². The number of rotatable bonds is 6. The fraction of sp³-hybridized carbons (Fsp3) is 0.286. The summed E-state index contributed by atoms with van der Waals surface area (Å²) in [7, 11) is 0. The van der Waals surface area contributed by atoms with Crippen molar-refractivity contribution in [3.63, 3.8) is 0 Å². The molecule has 4 rings (SSSR count). The number of aliphatic imine (C=N–C) groups is 1. The van der Waals surface area contributed by atoms with Gasteiger partial charge in [0.15, 0.2) is 5.88 Å². The number of nitrogens with one attached hydrogen (secondary N) is 1. The second-order valence-corrected chi connectivity index (χ2v) is 6.58. The number of hydrogen-bond donors (Lipinski definition) is 2. The zero-order chi connectivity index (χ0) is 17.8. The van der Waals surface area contributed by atoms with Crippen molar-refractivity contribution in [2.24, 2.45) is 4.99 Å². The van der Waals surface area contributed by atoms with Gasteiger partial charge in [-0.2, -0.15) is 0 Å². The molecular formula is C21H23N3O2. The minimum Gasteiger partial charge on any atom is -0.494 e. The van der Waals surface area contributed by atoms with Crippen LogP contribution in [0.4, 0.5) is 5.69 Å². The summed E-state index contributed by atoms with van der Waals surface area (Å²) >= 11 is 0. The lowest BCUT2D eigenvalue weighted by atomic mass is 10.2. The van der Waals surface area contributed by atoms with Crippen LogP contribution >= 0.6 is 0 Å². The maximum atomic E-state index is 10.1. The van der Waals surface area contributed by atoms with Gasteiger partial charge in [-0.05, 0) is 56.3 Å². The lowest BCUT2D eigenvalue weighted by Gasteiger charge is -2.14. The van der Waals surface area contributed by atoms with Crippen LogP contribution in [0, 0.1) is 0 Å². The Morgan fingerprint density at radius 3 is 2.65 bits per heavy atom. The number of aromatic hydroxyl groups is 1. The Morgan fingerprint density at radius 2 is 1.85 bits per heavy atom. The molecule has 3 aromatic rings. The summed E-state index contributed by atoms with van der Waals surface area (Å²) < 4.78 is 5.81. The van der Waals surface area contributed by atoms with Crippen LogP contribution in [0.15, 0.2) is 53.5 Å². The molecule has 1 saturated heterocycles. The molecule has 1 aromatic heterocycles. The lowest BCUT2D eigenvalue weighted by Crippen LogP contribution is -2.25. The van der Waals surface area contributed by atoms with E-state index in [0.29, 0.717) is 12.2 Å². The number of para-hydroxylation sites is 1. The molecule has 1 aliphatic rings. The standard InChI is InChI=1S/C21H23N3O2/c25-21-19(18-5-1-2-6-20(18)23-21)15-22-16-7-9-17(10-8-16)26-14-13-24-11-3-4-12-24/h1-2,5-10,15,23,25H,3-4,11-14H2. The highest BCUT2D eigenvalue weighted by molar-refractivity contribution is 6.02. The fourth-order valence-corrected chi connectivity index (χ4v) is 3.35. The van der Waals surface area contributed by atoms with Crippen LogP contribution in [0.5, 0.6) is 11.6 Å². The average molecular weight is 349 g/mol. The van der Waals surface area contributed by atoms with Crippen molar-refractivity contribution in [1.82, 2.24) is 9.88 Å². The van der Waals surface area contributed by atoms with Crippen molar-refractivity contribution in [3.05, 3.63) is 54.1 Å². The minimum absolute atomic E-state index is 0.136. The molecule has 0 amide bonds. The molecule has 1 fully saturated rings. The van der Waals surface area contributed by atoms with Crippen LogP contribution in [0.1, 0.15) is 18.4 Å². The van der Waals surface area contributed by atoms with Gasteiger partial charge in [0.25, 0.3) is 0 Å². The van der Waals surface area contributed by atoms with Crippen LogP contribution in [-0.4, -0.2) is 47.4 Å². The Labute approximate surface area is 152 Å². The third-order valence-electron chi connectivity index (χ3n) is 4.78. The molecule has 0 bridgehead atoms. The first-order valence-electron chi connectivity index (χ1n) is 9.08. The molecule has 0 unspecified atom stereocenters. The number of nitrogens with zero attached hydrogens (tertiary/aromatic N) is 2. The van der Waals surface area contributed by atoms with E-state index in [0.717, 1.165) is 28.9 Å². The first-order valence-corrected chi connectivity index (χ1v) is 9.08. The normalized spacial score (nSPS) is 15.2. The van der Waals surface area contributed by atoms with Crippen molar-refractivity contribution in [2.75, 3.05) is 26.2 Å². The van der Waals surface area contributed by atoms with Crippen LogP contribution < -0.4 is 4.74 Å². The fourth-order valence-electron chi connectivity index (χ4n) is 3.35. The van der Waals surface area contributed by atoms with Gasteiger partial charge in [0, 0.05) is 23.7 Å². The van der Waals surface area contributed by atoms with Crippen molar-refractivity contribution >= 4 is 22.8 Å². The quantitative estimate of drug-likeness (QED) is 0.659. The predicted molar refractivity (Wildman–Crippen MR) is 105 cm³/mol. The van der Waals surface area contributed by atoms with E-state index in [2.05, 4.69) is 14.9 Å².